The molecule has 94 valence electrons. The normalized spacial score (nSPS) is 27.6. The molecule has 1 saturated carbocycles. The van der Waals surface area contributed by atoms with E-state index < -0.39 is 12.1 Å². The SMILES string of the molecule is CCCC(OC[C@@H]1CCC[C@H](O)C1)C(=O)O. The highest BCUT2D eigenvalue weighted by Gasteiger charge is 2.23. The smallest absolute Gasteiger partial charge is 0.332 e. The van der Waals surface area contributed by atoms with Crippen molar-refractivity contribution >= 4 is 5.97 Å². The lowest BCUT2D eigenvalue weighted by Crippen LogP contribution is -2.29. The number of aliphatic hydroxyl groups is 1. The minimum atomic E-state index is -0.877. The van der Waals surface area contributed by atoms with Crippen molar-refractivity contribution in [1.82, 2.24) is 0 Å². The van der Waals surface area contributed by atoms with E-state index in [0.29, 0.717) is 18.9 Å². The van der Waals surface area contributed by atoms with Gasteiger partial charge in [-0.15, -0.1) is 0 Å². The summed E-state index contributed by atoms with van der Waals surface area (Å²) in [6.07, 6.45) is 4.14. The number of aliphatic carboxylic acids is 1. The highest BCUT2D eigenvalue weighted by molar-refractivity contribution is 5.72. The van der Waals surface area contributed by atoms with Crippen LogP contribution in [0.15, 0.2) is 0 Å². The first kappa shape index (κ1) is 13.5. The molecule has 0 heterocycles. The second-order valence-corrected chi connectivity index (χ2v) is 4.64. The van der Waals surface area contributed by atoms with Crippen LogP contribution in [0.1, 0.15) is 45.4 Å². The van der Waals surface area contributed by atoms with Crippen LogP contribution in [0.25, 0.3) is 0 Å². The Bertz CT molecular complexity index is 217. The molecule has 1 aliphatic rings. The zero-order valence-electron chi connectivity index (χ0n) is 9.89. The average molecular weight is 230 g/mol. The van der Waals surface area contributed by atoms with E-state index >= 15 is 0 Å². The summed E-state index contributed by atoms with van der Waals surface area (Å²) in [6, 6.07) is 0. The van der Waals surface area contributed by atoms with Gasteiger partial charge in [0, 0.05) is 0 Å². The number of rotatable bonds is 6. The number of aliphatic hydroxyl groups excluding tert-OH is 1. The number of hydrogen-bond donors (Lipinski definition) is 2. The van der Waals surface area contributed by atoms with Crippen molar-refractivity contribution in [3.8, 4) is 0 Å². The van der Waals surface area contributed by atoms with Crippen LogP contribution in [0.2, 0.25) is 0 Å². The van der Waals surface area contributed by atoms with E-state index in [-0.39, 0.29) is 6.10 Å². The Labute approximate surface area is 96.6 Å². The zero-order valence-corrected chi connectivity index (χ0v) is 9.89. The molecule has 1 unspecified atom stereocenters. The van der Waals surface area contributed by atoms with E-state index in [1.807, 2.05) is 6.92 Å². The highest BCUT2D eigenvalue weighted by atomic mass is 16.5. The van der Waals surface area contributed by atoms with Gasteiger partial charge in [0.15, 0.2) is 6.10 Å². The van der Waals surface area contributed by atoms with E-state index in [1.54, 1.807) is 0 Å². The Balaban J connectivity index is 2.28. The van der Waals surface area contributed by atoms with Gasteiger partial charge < -0.3 is 14.9 Å². The van der Waals surface area contributed by atoms with Gasteiger partial charge in [-0.25, -0.2) is 4.79 Å². The second-order valence-electron chi connectivity index (χ2n) is 4.64. The molecule has 0 aromatic carbocycles. The van der Waals surface area contributed by atoms with Gasteiger partial charge in [-0.05, 0) is 31.6 Å². The number of carboxylic acid groups (broad SMARTS) is 1. The van der Waals surface area contributed by atoms with Crippen LogP contribution in [0.5, 0.6) is 0 Å². The molecule has 1 rings (SSSR count). The van der Waals surface area contributed by atoms with Crippen molar-refractivity contribution in [3.63, 3.8) is 0 Å². The monoisotopic (exact) mass is 230 g/mol. The van der Waals surface area contributed by atoms with Gasteiger partial charge in [0.05, 0.1) is 12.7 Å². The summed E-state index contributed by atoms with van der Waals surface area (Å²) >= 11 is 0. The first-order chi connectivity index (χ1) is 7.63. The molecule has 0 spiro atoms. The second kappa shape index (κ2) is 6.86. The maximum Gasteiger partial charge on any atom is 0.332 e. The van der Waals surface area contributed by atoms with E-state index in [2.05, 4.69) is 0 Å². The Morgan fingerprint density at radius 3 is 2.81 bits per heavy atom. The summed E-state index contributed by atoms with van der Waals surface area (Å²) in [5.74, 6) is -0.555. The maximum absolute atomic E-state index is 10.9. The number of carbonyl (C=O) groups is 1. The van der Waals surface area contributed by atoms with Gasteiger partial charge in [0.1, 0.15) is 0 Å². The fourth-order valence-electron chi connectivity index (χ4n) is 2.21. The molecule has 0 radical (unpaired) electrons. The summed E-state index contributed by atoms with van der Waals surface area (Å²) < 4.78 is 5.42. The molecule has 0 amide bonds. The molecule has 16 heavy (non-hydrogen) atoms. The molecular formula is C12H22O4. The summed E-state index contributed by atoms with van der Waals surface area (Å²) in [5, 5.41) is 18.4. The molecule has 2 N–H and O–H groups in total. The molecule has 0 aromatic heterocycles. The molecule has 0 aromatic rings. The van der Waals surface area contributed by atoms with Crippen LogP contribution in [0.4, 0.5) is 0 Å². The number of carboxylic acids is 1. The average Bonchev–Trinajstić information content (AvgIpc) is 2.24. The van der Waals surface area contributed by atoms with E-state index in [1.165, 1.54) is 0 Å². The fraction of sp³-hybridized carbons (Fsp3) is 0.917. The molecule has 4 nitrogen and oxygen atoms in total. The number of hydrogen-bond acceptors (Lipinski definition) is 3. The van der Waals surface area contributed by atoms with E-state index in [9.17, 15) is 9.90 Å². The Morgan fingerprint density at radius 2 is 2.25 bits per heavy atom. The van der Waals surface area contributed by atoms with Gasteiger partial charge in [0.2, 0.25) is 0 Å². The zero-order chi connectivity index (χ0) is 12.0. The van der Waals surface area contributed by atoms with Gasteiger partial charge in [0.25, 0.3) is 0 Å². The van der Waals surface area contributed by atoms with Crippen LogP contribution < -0.4 is 0 Å². The minimum absolute atomic E-state index is 0.225. The summed E-state index contributed by atoms with van der Waals surface area (Å²) in [7, 11) is 0. The predicted octanol–water partition coefficient (Wildman–Crippen LogP) is 1.81. The first-order valence-corrected chi connectivity index (χ1v) is 6.16. The molecule has 1 aliphatic carbocycles. The van der Waals surface area contributed by atoms with Gasteiger partial charge in [-0.2, -0.15) is 0 Å². The number of ether oxygens (including phenoxy) is 1. The molecule has 3 atom stereocenters. The van der Waals surface area contributed by atoms with Gasteiger partial charge >= 0.3 is 5.97 Å². The molecule has 0 aliphatic heterocycles. The van der Waals surface area contributed by atoms with Crippen molar-refractivity contribution in [1.29, 1.82) is 0 Å². The van der Waals surface area contributed by atoms with Crippen LogP contribution in [-0.4, -0.2) is 35.0 Å². The fourth-order valence-corrected chi connectivity index (χ4v) is 2.21. The van der Waals surface area contributed by atoms with Gasteiger partial charge in [-0.1, -0.05) is 19.8 Å². The lowest BCUT2D eigenvalue weighted by Gasteiger charge is -2.26. The maximum atomic E-state index is 10.9. The van der Waals surface area contributed by atoms with Crippen molar-refractivity contribution in [2.75, 3.05) is 6.61 Å². The Kier molecular flexibility index (Phi) is 5.77. The Hall–Kier alpha value is -0.610. The molecule has 0 saturated heterocycles. The molecular weight excluding hydrogens is 208 g/mol. The molecule has 4 heteroatoms. The van der Waals surface area contributed by atoms with E-state index in [4.69, 9.17) is 9.84 Å². The van der Waals surface area contributed by atoms with Crippen molar-refractivity contribution in [3.05, 3.63) is 0 Å². The van der Waals surface area contributed by atoms with Crippen LogP contribution in [0.3, 0.4) is 0 Å². The van der Waals surface area contributed by atoms with Crippen molar-refractivity contribution in [2.24, 2.45) is 5.92 Å². The van der Waals surface area contributed by atoms with Crippen LogP contribution in [-0.2, 0) is 9.53 Å². The van der Waals surface area contributed by atoms with Crippen molar-refractivity contribution < 1.29 is 19.7 Å². The highest BCUT2D eigenvalue weighted by Crippen LogP contribution is 2.24. The Morgan fingerprint density at radius 1 is 1.50 bits per heavy atom. The standard InChI is InChI=1S/C12H22O4/c1-2-4-11(12(14)15)16-8-9-5-3-6-10(13)7-9/h9-11,13H,2-8H2,1H3,(H,14,15)/t9-,10+,11?/m1/s1. The third-order valence-corrected chi connectivity index (χ3v) is 3.11. The largest absolute Gasteiger partial charge is 0.479 e. The summed E-state index contributed by atoms with van der Waals surface area (Å²) in [4.78, 5) is 10.9. The quantitative estimate of drug-likeness (QED) is 0.730. The third-order valence-electron chi connectivity index (χ3n) is 3.11. The predicted molar refractivity (Wildman–Crippen MR) is 60.2 cm³/mol. The molecule has 0 bridgehead atoms. The van der Waals surface area contributed by atoms with Crippen LogP contribution in [0, 0.1) is 5.92 Å². The van der Waals surface area contributed by atoms with Crippen LogP contribution >= 0.6 is 0 Å². The van der Waals surface area contributed by atoms with E-state index in [0.717, 1.165) is 32.1 Å². The lowest BCUT2D eigenvalue weighted by molar-refractivity contribution is -0.152. The molecule has 1 fully saturated rings. The summed E-state index contributed by atoms with van der Waals surface area (Å²) in [6.45, 7) is 2.41. The van der Waals surface area contributed by atoms with Crippen molar-refractivity contribution in [2.45, 2.75) is 57.7 Å². The lowest BCUT2D eigenvalue weighted by atomic mass is 9.88. The van der Waals surface area contributed by atoms with Gasteiger partial charge in [-0.3, -0.25) is 0 Å². The topological polar surface area (TPSA) is 66.8 Å². The first-order valence-electron chi connectivity index (χ1n) is 6.16. The minimum Gasteiger partial charge on any atom is -0.479 e. The summed E-state index contributed by atoms with van der Waals surface area (Å²) in [5.41, 5.74) is 0. The third kappa shape index (κ3) is 4.49.